The fourth-order valence-corrected chi connectivity index (χ4v) is 9.42. The maximum atomic E-state index is 6.70. The molecule has 12 rings (SSSR count). The number of hydrogen-bond donors (Lipinski definition) is 0. The van der Waals surface area contributed by atoms with E-state index >= 15 is 0 Å². The maximum Gasteiger partial charge on any atom is 2.00 e. The number of hydrogen-bond acceptors (Lipinski definition) is 3. The Kier molecular flexibility index (Phi) is 7.79. The molecule has 1 aliphatic rings. The molecule has 0 aliphatic carbocycles. The molecule has 1 aliphatic heterocycles. The molecule has 4 aromatic heterocycles. The van der Waals surface area contributed by atoms with Crippen molar-refractivity contribution in [2.75, 3.05) is 0 Å². The minimum atomic E-state index is -0.586. The van der Waals surface area contributed by atoms with Gasteiger partial charge in [-0.1, -0.05) is 150 Å². The molecule has 0 spiro atoms. The number of aryl methyl sites for hydroxylation is 1. The first-order chi connectivity index (χ1) is 28.2. The number of para-hydroxylation sites is 2. The third-order valence-electron chi connectivity index (χ3n) is 11.8. The first kappa shape index (κ1) is 34.4. The summed E-state index contributed by atoms with van der Waals surface area (Å²) in [4.78, 5) is 10.3. The van der Waals surface area contributed by atoms with Gasteiger partial charge in [-0.2, -0.15) is 6.07 Å². The molecule has 0 bridgehead atoms. The van der Waals surface area contributed by atoms with Crippen molar-refractivity contribution in [3.8, 4) is 28.6 Å². The van der Waals surface area contributed by atoms with Crippen molar-refractivity contribution in [2.24, 2.45) is 0 Å². The van der Waals surface area contributed by atoms with Gasteiger partial charge in [-0.05, 0) is 52.1 Å². The monoisotopic (exact) mass is 923 g/mol. The van der Waals surface area contributed by atoms with E-state index in [0.29, 0.717) is 11.5 Å². The van der Waals surface area contributed by atoms with E-state index in [1.165, 1.54) is 22.3 Å². The summed E-state index contributed by atoms with van der Waals surface area (Å²) in [5, 5.41) is 5.34. The van der Waals surface area contributed by atoms with Crippen LogP contribution in [0.5, 0.6) is 11.5 Å². The van der Waals surface area contributed by atoms with Gasteiger partial charge < -0.3 is 13.7 Å². The Morgan fingerprint density at radius 3 is 2.05 bits per heavy atom. The number of pyridine rings is 2. The van der Waals surface area contributed by atoms with Crippen LogP contribution in [0, 0.1) is 19.1 Å². The molecule has 276 valence electrons. The van der Waals surface area contributed by atoms with Crippen molar-refractivity contribution in [3.05, 3.63) is 216 Å². The van der Waals surface area contributed by atoms with Gasteiger partial charge in [0.15, 0.2) is 0 Å². The number of imidazole rings is 1. The van der Waals surface area contributed by atoms with Crippen molar-refractivity contribution in [3.63, 3.8) is 0 Å². The van der Waals surface area contributed by atoms with Crippen LogP contribution in [-0.4, -0.2) is 18.9 Å². The summed E-state index contributed by atoms with van der Waals surface area (Å²) in [5.41, 5.74) is 11.3. The van der Waals surface area contributed by atoms with E-state index in [2.05, 4.69) is 180 Å². The largest absolute Gasteiger partial charge is 2.00 e. The minimum Gasteiger partial charge on any atom is -0.503 e. The average Bonchev–Trinajstić information content (AvgIpc) is 3.86. The Morgan fingerprint density at radius 2 is 1.26 bits per heavy atom. The first-order valence-electron chi connectivity index (χ1n) is 19.2. The van der Waals surface area contributed by atoms with Crippen LogP contribution in [0.15, 0.2) is 176 Å². The van der Waals surface area contributed by atoms with Crippen LogP contribution in [-0.2, 0) is 26.5 Å². The molecule has 0 atom stereocenters. The summed E-state index contributed by atoms with van der Waals surface area (Å²) in [6, 6.07) is 65.1. The van der Waals surface area contributed by atoms with Crippen LogP contribution in [0.3, 0.4) is 0 Å². The predicted octanol–water partition coefficient (Wildman–Crippen LogP) is 12.2. The van der Waals surface area contributed by atoms with Gasteiger partial charge in [-0.25, -0.2) is 4.98 Å². The van der Waals surface area contributed by atoms with Crippen LogP contribution in [0.4, 0.5) is 0 Å². The summed E-state index contributed by atoms with van der Waals surface area (Å²) in [6.07, 6.45) is 4.02. The van der Waals surface area contributed by atoms with E-state index in [1.807, 2.05) is 24.4 Å². The minimum absolute atomic E-state index is 0. The number of aromatic nitrogens is 4. The van der Waals surface area contributed by atoms with Crippen LogP contribution in [0.2, 0.25) is 0 Å². The molecule has 5 heterocycles. The van der Waals surface area contributed by atoms with Crippen LogP contribution < -0.4 is 4.74 Å². The third-order valence-corrected chi connectivity index (χ3v) is 11.8. The number of rotatable bonds is 5. The van der Waals surface area contributed by atoms with E-state index in [-0.39, 0.29) is 21.1 Å². The number of nitrogens with zero attached hydrogens (tertiary/aromatic N) is 4. The van der Waals surface area contributed by atoms with Crippen molar-refractivity contribution in [1.82, 2.24) is 18.9 Å². The Bertz CT molecular complexity index is 3370. The molecule has 0 amide bonds. The van der Waals surface area contributed by atoms with Crippen molar-refractivity contribution in [1.29, 1.82) is 0 Å². The van der Waals surface area contributed by atoms with Gasteiger partial charge in [0, 0.05) is 46.1 Å². The van der Waals surface area contributed by atoms with Crippen molar-refractivity contribution in [2.45, 2.75) is 12.3 Å². The average molecular weight is 924 g/mol. The number of ether oxygens (including phenoxy) is 1. The Morgan fingerprint density at radius 1 is 0.586 bits per heavy atom. The maximum absolute atomic E-state index is 6.70. The molecule has 0 saturated carbocycles. The zero-order valence-corrected chi connectivity index (χ0v) is 33.5. The molecular formula is C52H32N4OPt. The molecule has 0 unspecified atom stereocenters. The molecule has 0 radical (unpaired) electrons. The Labute approximate surface area is 349 Å². The van der Waals surface area contributed by atoms with Crippen LogP contribution in [0.25, 0.3) is 66.2 Å². The first-order valence-corrected chi connectivity index (χ1v) is 19.2. The van der Waals surface area contributed by atoms with E-state index in [4.69, 9.17) is 14.7 Å². The Hall–Kier alpha value is -6.81. The molecule has 0 saturated heterocycles. The summed E-state index contributed by atoms with van der Waals surface area (Å²) in [6.45, 7) is 2.13. The third kappa shape index (κ3) is 4.80. The van der Waals surface area contributed by atoms with Gasteiger partial charge in [0.25, 0.3) is 0 Å². The topological polar surface area (TPSA) is 44.4 Å². The molecule has 0 N–H and O–H groups in total. The van der Waals surface area contributed by atoms with E-state index in [1.54, 1.807) is 0 Å². The van der Waals surface area contributed by atoms with Gasteiger partial charge >= 0.3 is 21.1 Å². The fraction of sp³-hybridized carbons (Fsp3) is 0.0385. The quantitative estimate of drug-likeness (QED) is 0.128. The molecule has 0 fully saturated rings. The van der Waals surface area contributed by atoms with E-state index < -0.39 is 5.41 Å². The normalized spacial score (nSPS) is 12.9. The van der Waals surface area contributed by atoms with Crippen LogP contribution in [0.1, 0.15) is 27.8 Å². The zero-order valence-electron chi connectivity index (χ0n) is 31.3. The van der Waals surface area contributed by atoms with Gasteiger partial charge in [-0.3, -0.25) is 4.98 Å². The van der Waals surface area contributed by atoms with E-state index in [9.17, 15) is 0 Å². The SMILES string of the molecule is Cc1ccccc1-c1cn2c3ccccc3c3ccc(Oc4[c-]c5c(cc4)c4cccc6c4n5-c4ncccc4C6(c4ccccc4)c4ccccc4)[c-]c3c2n1.[Pt+2]. The summed E-state index contributed by atoms with van der Waals surface area (Å²) in [7, 11) is 0. The van der Waals surface area contributed by atoms with Gasteiger partial charge in [0.1, 0.15) is 5.82 Å². The van der Waals surface area contributed by atoms with Gasteiger partial charge in [0.2, 0.25) is 0 Å². The molecule has 11 aromatic rings. The zero-order chi connectivity index (χ0) is 37.7. The summed E-state index contributed by atoms with van der Waals surface area (Å²) < 4.78 is 11.2. The molecular weight excluding hydrogens is 892 g/mol. The Balaban J connectivity index is 0.00000385. The fourth-order valence-electron chi connectivity index (χ4n) is 9.42. The molecule has 7 aromatic carbocycles. The standard InChI is InChI=1S/C52H32N4O.Pt/c1-33-14-8-9-19-38(33)46-32-55-47-24-11-10-20-40(47)39-27-25-36(30-43(39)50(55)54-46)57-37-26-28-41-42-21-12-22-44-49(42)56(48(41)31-37)51-45(23-13-29-53-51)52(44,34-15-4-2-5-16-34)35-17-6-3-7-18-35;/h2-29,32H,1H3;/q-2;+2. The second-order valence-corrected chi connectivity index (χ2v) is 14.8. The second-order valence-electron chi connectivity index (χ2n) is 14.8. The van der Waals surface area contributed by atoms with E-state index in [0.717, 1.165) is 71.8 Å². The molecule has 6 heteroatoms. The van der Waals surface area contributed by atoms with Gasteiger partial charge in [-0.15, -0.1) is 29.7 Å². The van der Waals surface area contributed by atoms with Crippen molar-refractivity contribution < 1.29 is 25.8 Å². The summed E-state index contributed by atoms with van der Waals surface area (Å²) in [5.74, 6) is 2.07. The molecule has 5 nitrogen and oxygen atoms in total. The van der Waals surface area contributed by atoms with Crippen molar-refractivity contribution >= 4 is 49.1 Å². The molecule has 58 heavy (non-hydrogen) atoms. The van der Waals surface area contributed by atoms with Crippen LogP contribution >= 0.6 is 0 Å². The number of benzene rings is 7. The smallest absolute Gasteiger partial charge is 0.503 e. The predicted molar refractivity (Wildman–Crippen MR) is 229 cm³/mol. The second kappa shape index (κ2) is 13.1. The van der Waals surface area contributed by atoms with Gasteiger partial charge in [0.05, 0.1) is 16.8 Å². The number of fused-ring (bicyclic) bond motifs is 11. The summed E-state index contributed by atoms with van der Waals surface area (Å²) >= 11 is 0.